The number of carbonyl (C=O) groups excluding carboxylic acids is 1. The van der Waals surface area contributed by atoms with Crippen LogP contribution >= 0.6 is 11.3 Å². The van der Waals surface area contributed by atoms with Gasteiger partial charge in [0.05, 0.1) is 5.69 Å². The fourth-order valence-corrected chi connectivity index (χ4v) is 3.97. The first-order chi connectivity index (χ1) is 12.2. The molecule has 1 aliphatic rings. The first kappa shape index (κ1) is 16.2. The maximum absolute atomic E-state index is 13.1. The molecule has 1 aromatic carbocycles. The summed E-state index contributed by atoms with van der Waals surface area (Å²) in [6.07, 6.45) is 1.86. The zero-order chi connectivity index (χ0) is 17.4. The smallest absolute Gasteiger partial charge is 0.271 e. The minimum absolute atomic E-state index is 0.0464. The Kier molecular flexibility index (Phi) is 4.27. The molecule has 1 amide bonds. The standard InChI is InChI=1S/C18H19FN4OS/c1-2-21-7-9-22(10-8-21)17(24)16-12-25-18-20-15(11-23(16)18)13-3-5-14(19)6-4-13/h3-6,11-12H,2,7-10H2,1H3. The lowest BCUT2D eigenvalue weighted by Crippen LogP contribution is -2.48. The molecule has 0 radical (unpaired) electrons. The summed E-state index contributed by atoms with van der Waals surface area (Å²) in [6.45, 7) is 6.50. The molecule has 0 atom stereocenters. The number of likely N-dealkylation sites (N-methyl/N-ethyl adjacent to an activating group) is 1. The Balaban J connectivity index is 1.60. The Hall–Kier alpha value is -2.25. The van der Waals surface area contributed by atoms with Gasteiger partial charge in [-0.1, -0.05) is 6.92 Å². The molecule has 3 heterocycles. The van der Waals surface area contributed by atoms with Gasteiger partial charge in [-0.15, -0.1) is 11.3 Å². The van der Waals surface area contributed by atoms with E-state index in [1.807, 2.05) is 20.9 Å². The topological polar surface area (TPSA) is 40.8 Å². The molecule has 1 fully saturated rings. The summed E-state index contributed by atoms with van der Waals surface area (Å²) in [5.41, 5.74) is 2.23. The van der Waals surface area contributed by atoms with Gasteiger partial charge in [0, 0.05) is 43.3 Å². The van der Waals surface area contributed by atoms with Gasteiger partial charge in [0.2, 0.25) is 0 Å². The number of hydrogen-bond donors (Lipinski definition) is 0. The van der Waals surface area contributed by atoms with Gasteiger partial charge in [0.15, 0.2) is 4.96 Å². The SMILES string of the molecule is CCN1CCN(C(=O)c2csc3nc(-c4ccc(F)cc4)cn23)CC1. The molecule has 1 saturated heterocycles. The normalized spacial score (nSPS) is 15.8. The van der Waals surface area contributed by atoms with Crippen molar-refractivity contribution < 1.29 is 9.18 Å². The van der Waals surface area contributed by atoms with Crippen molar-refractivity contribution in [1.82, 2.24) is 19.2 Å². The Morgan fingerprint density at radius 2 is 1.92 bits per heavy atom. The van der Waals surface area contributed by atoms with Crippen molar-refractivity contribution >= 4 is 22.2 Å². The highest BCUT2D eigenvalue weighted by Gasteiger charge is 2.24. The Morgan fingerprint density at radius 1 is 1.20 bits per heavy atom. The van der Waals surface area contributed by atoms with E-state index in [1.165, 1.54) is 23.5 Å². The molecule has 0 unspecified atom stereocenters. The number of amides is 1. The number of hydrogen-bond acceptors (Lipinski definition) is 4. The van der Waals surface area contributed by atoms with Crippen LogP contribution in [0.3, 0.4) is 0 Å². The van der Waals surface area contributed by atoms with Crippen LogP contribution in [0.4, 0.5) is 4.39 Å². The molecule has 5 nitrogen and oxygen atoms in total. The molecular weight excluding hydrogens is 339 g/mol. The average Bonchev–Trinajstić information content (AvgIpc) is 3.22. The van der Waals surface area contributed by atoms with Crippen molar-refractivity contribution in [1.29, 1.82) is 0 Å². The molecule has 25 heavy (non-hydrogen) atoms. The largest absolute Gasteiger partial charge is 0.335 e. The van der Waals surface area contributed by atoms with Crippen LogP contribution in [-0.4, -0.2) is 57.8 Å². The quantitative estimate of drug-likeness (QED) is 0.723. The van der Waals surface area contributed by atoms with E-state index in [-0.39, 0.29) is 11.7 Å². The van der Waals surface area contributed by atoms with Gasteiger partial charge in [0.25, 0.3) is 5.91 Å². The number of imidazole rings is 1. The average molecular weight is 358 g/mol. The van der Waals surface area contributed by atoms with Gasteiger partial charge in [-0.25, -0.2) is 9.37 Å². The number of piperazine rings is 1. The first-order valence-corrected chi connectivity index (χ1v) is 9.28. The van der Waals surface area contributed by atoms with Crippen molar-refractivity contribution in [2.75, 3.05) is 32.7 Å². The highest BCUT2D eigenvalue weighted by Crippen LogP contribution is 2.24. The zero-order valence-corrected chi connectivity index (χ0v) is 14.8. The monoisotopic (exact) mass is 358 g/mol. The molecular formula is C18H19FN4OS. The molecule has 0 aliphatic carbocycles. The van der Waals surface area contributed by atoms with Crippen LogP contribution in [0.5, 0.6) is 0 Å². The van der Waals surface area contributed by atoms with Gasteiger partial charge in [-0.3, -0.25) is 9.20 Å². The summed E-state index contributed by atoms with van der Waals surface area (Å²) in [4.78, 5) is 22.5. The van der Waals surface area contributed by atoms with E-state index in [9.17, 15) is 9.18 Å². The fraction of sp³-hybridized carbons (Fsp3) is 0.333. The van der Waals surface area contributed by atoms with Crippen LogP contribution in [-0.2, 0) is 0 Å². The number of thiazole rings is 1. The number of aromatic nitrogens is 2. The Morgan fingerprint density at radius 3 is 2.60 bits per heavy atom. The van der Waals surface area contributed by atoms with Crippen LogP contribution < -0.4 is 0 Å². The Labute approximate surface area is 149 Å². The lowest BCUT2D eigenvalue weighted by atomic mass is 10.2. The highest BCUT2D eigenvalue weighted by molar-refractivity contribution is 7.15. The number of fused-ring (bicyclic) bond motifs is 1. The van der Waals surface area contributed by atoms with E-state index in [0.717, 1.165) is 48.9 Å². The molecule has 0 bridgehead atoms. The maximum Gasteiger partial charge on any atom is 0.271 e. The van der Waals surface area contributed by atoms with Gasteiger partial charge in [-0.2, -0.15) is 0 Å². The molecule has 7 heteroatoms. The lowest BCUT2D eigenvalue weighted by molar-refractivity contribution is 0.0637. The van der Waals surface area contributed by atoms with Crippen LogP contribution in [0.15, 0.2) is 35.8 Å². The summed E-state index contributed by atoms with van der Waals surface area (Å²) >= 11 is 1.45. The predicted octanol–water partition coefficient (Wildman–Crippen LogP) is 2.98. The summed E-state index contributed by atoms with van der Waals surface area (Å²) in [5.74, 6) is -0.225. The van der Waals surface area contributed by atoms with Crippen molar-refractivity contribution in [3.8, 4) is 11.3 Å². The molecule has 0 saturated carbocycles. The zero-order valence-electron chi connectivity index (χ0n) is 14.0. The molecule has 3 aromatic rings. The van der Waals surface area contributed by atoms with Crippen LogP contribution in [0, 0.1) is 5.82 Å². The summed E-state index contributed by atoms with van der Waals surface area (Å²) < 4.78 is 14.9. The van der Waals surface area contributed by atoms with Crippen molar-refractivity contribution in [2.24, 2.45) is 0 Å². The van der Waals surface area contributed by atoms with Gasteiger partial charge < -0.3 is 9.80 Å². The third-order valence-corrected chi connectivity index (χ3v) is 5.51. The minimum atomic E-state index is -0.271. The molecule has 130 valence electrons. The molecule has 0 spiro atoms. The van der Waals surface area contributed by atoms with Crippen LogP contribution in [0.1, 0.15) is 17.4 Å². The number of benzene rings is 1. The third-order valence-electron chi connectivity index (χ3n) is 4.67. The van der Waals surface area contributed by atoms with E-state index in [0.29, 0.717) is 5.69 Å². The number of rotatable bonds is 3. The molecule has 1 aliphatic heterocycles. The number of nitrogens with zero attached hydrogens (tertiary/aromatic N) is 4. The second-order valence-electron chi connectivity index (χ2n) is 6.13. The second kappa shape index (κ2) is 6.57. The van der Waals surface area contributed by atoms with E-state index in [1.54, 1.807) is 12.1 Å². The lowest BCUT2D eigenvalue weighted by Gasteiger charge is -2.33. The maximum atomic E-state index is 13.1. The van der Waals surface area contributed by atoms with Crippen molar-refractivity contribution in [3.63, 3.8) is 0 Å². The molecule has 2 aromatic heterocycles. The van der Waals surface area contributed by atoms with E-state index >= 15 is 0 Å². The molecule has 4 rings (SSSR count). The second-order valence-corrected chi connectivity index (χ2v) is 6.97. The number of carbonyl (C=O) groups is 1. The van der Waals surface area contributed by atoms with Gasteiger partial charge in [0.1, 0.15) is 11.5 Å². The van der Waals surface area contributed by atoms with Crippen molar-refractivity contribution in [3.05, 3.63) is 47.4 Å². The third kappa shape index (κ3) is 3.05. The van der Waals surface area contributed by atoms with E-state index < -0.39 is 0 Å². The first-order valence-electron chi connectivity index (χ1n) is 8.40. The minimum Gasteiger partial charge on any atom is -0.335 e. The predicted molar refractivity (Wildman–Crippen MR) is 96.5 cm³/mol. The van der Waals surface area contributed by atoms with Gasteiger partial charge >= 0.3 is 0 Å². The summed E-state index contributed by atoms with van der Waals surface area (Å²) in [5, 5.41) is 1.87. The van der Waals surface area contributed by atoms with Crippen LogP contribution in [0.2, 0.25) is 0 Å². The van der Waals surface area contributed by atoms with Crippen molar-refractivity contribution in [2.45, 2.75) is 6.92 Å². The van der Waals surface area contributed by atoms with Crippen LogP contribution in [0.25, 0.3) is 16.2 Å². The fourth-order valence-electron chi connectivity index (χ4n) is 3.13. The number of halogens is 1. The highest BCUT2D eigenvalue weighted by atomic mass is 32.1. The van der Waals surface area contributed by atoms with E-state index in [2.05, 4.69) is 16.8 Å². The molecule has 0 N–H and O–H groups in total. The Bertz CT molecular complexity index is 894. The van der Waals surface area contributed by atoms with Gasteiger partial charge in [-0.05, 0) is 30.8 Å². The summed E-state index contributed by atoms with van der Waals surface area (Å²) in [7, 11) is 0. The van der Waals surface area contributed by atoms with E-state index in [4.69, 9.17) is 0 Å². The summed E-state index contributed by atoms with van der Waals surface area (Å²) in [6, 6.07) is 6.24.